The lowest BCUT2D eigenvalue weighted by molar-refractivity contribution is -0.117. The molecule has 4 heteroatoms. The summed E-state index contributed by atoms with van der Waals surface area (Å²) < 4.78 is 0. The molecule has 0 fully saturated rings. The Morgan fingerprint density at radius 3 is 2.27 bits per heavy atom. The van der Waals surface area contributed by atoms with Gasteiger partial charge in [0.2, 0.25) is 11.8 Å². The Morgan fingerprint density at radius 1 is 1.07 bits per heavy atom. The van der Waals surface area contributed by atoms with Gasteiger partial charge in [-0.15, -0.1) is 0 Å². The number of carbonyl (C=O) groups is 2. The predicted molar refractivity (Wildman–Crippen MR) is 58.3 cm³/mol. The van der Waals surface area contributed by atoms with E-state index < -0.39 is 0 Å². The van der Waals surface area contributed by atoms with Crippen LogP contribution in [-0.2, 0) is 9.59 Å². The summed E-state index contributed by atoms with van der Waals surface area (Å²) in [5.41, 5.74) is 0.698. The summed E-state index contributed by atoms with van der Waals surface area (Å²) in [6.07, 6.45) is 2.37. The summed E-state index contributed by atoms with van der Waals surface area (Å²) >= 11 is 0. The molecule has 0 aliphatic heterocycles. The molecule has 0 heterocycles. The highest BCUT2D eigenvalue weighted by atomic mass is 16.2. The van der Waals surface area contributed by atoms with Gasteiger partial charge in [0.05, 0.1) is 0 Å². The number of rotatable bonds is 3. The fourth-order valence-corrected chi connectivity index (χ4v) is 0.940. The lowest BCUT2D eigenvalue weighted by Crippen LogP contribution is -2.16. The zero-order valence-corrected chi connectivity index (χ0v) is 8.36. The Labute approximate surface area is 88.0 Å². The van der Waals surface area contributed by atoms with E-state index in [1.807, 2.05) is 18.2 Å². The number of benzene rings is 1. The smallest absolute Gasteiger partial charge is 0.248 e. The van der Waals surface area contributed by atoms with Crippen LogP contribution in [-0.4, -0.2) is 18.9 Å². The topological polar surface area (TPSA) is 58.2 Å². The highest BCUT2D eigenvalue weighted by molar-refractivity contribution is 6.03. The van der Waals surface area contributed by atoms with Gasteiger partial charge in [-0.25, -0.2) is 0 Å². The van der Waals surface area contributed by atoms with Crippen LogP contribution in [0.3, 0.4) is 0 Å². The quantitative estimate of drug-likeness (QED) is 0.719. The summed E-state index contributed by atoms with van der Waals surface area (Å²) in [7, 11) is 1.50. The third-order valence-electron chi connectivity index (χ3n) is 1.67. The molecule has 0 bridgehead atoms. The van der Waals surface area contributed by atoms with Crippen molar-refractivity contribution in [1.29, 1.82) is 0 Å². The molecule has 4 nitrogen and oxygen atoms in total. The van der Waals surface area contributed by atoms with Crippen molar-refractivity contribution in [2.24, 2.45) is 0 Å². The highest BCUT2D eigenvalue weighted by Gasteiger charge is 1.97. The number of hydrogen-bond donors (Lipinski definition) is 2. The predicted octanol–water partition coefficient (Wildman–Crippen LogP) is 0.927. The number of carbonyl (C=O) groups excluding carboxylic acids is 2. The molecule has 0 saturated heterocycles. The van der Waals surface area contributed by atoms with Crippen LogP contribution in [0.25, 0.3) is 0 Å². The SMILES string of the molecule is CNC(=O)C=CC(=O)Nc1ccccc1. The van der Waals surface area contributed by atoms with Gasteiger partial charge in [0.1, 0.15) is 0 Å². The molecule has 0 saturated carbocycles. The van der Waals surface area contributed by atoms with E-state index in [1.165, 1.54) is 19.2 Å². The number of amides is 2. The van der Waals surface area contributed by atoms with E-state index in [2.05, 4.69) is 10.6 Å². The summed E-state index contributed by atoms with van der Waals surface area (Å²) in [5.74, 6) is -0.636. The molecule has 0 aliphatic rings. The second-order valence-corrected chi connectivity index (χ2v) is 2.80. The fourth-order valence-electron chi connectivity index (χ4n) is 0.940. The summed E-state index contributed by atoms with van der Waals surface area (Å²) in [6.45, 7) is 0. The molecule has 1 aromatic carbocycles. The third kappa shape index (κ3) is 4.08. The lowest BCUT2D eigenvalue weighted by Gasteiger charge is -2.00. The van der Waals surface area contributed by atoms with E-state index >= 15 is 0 Å². The number of para-hydroxylation sites is 1. The van der Waals surface area contributed by atoms with Crippen molar-refractivity contribution in [3.05, 3.63) is 42.5 Å². The Hall–Kier alpha value is -2.10. The largest absolute Gasteiger partial charge is 0.356 e. The monoisotopic (exact) mass is 204 g/mol. The molecule has 78 valence electrons. The van der Waals surface area contributed by atoms with Crippen LogP contribution in [0.4, 0.5) is 5.69 Å². The van der Waals surface area contributed by atoms with Crippen molar-refractivity contribution in [2.75, 3.05) is 12.4 Å². The fraction of sp³-hybridized carbons (Fsp3) is 0.0909. The Bertz CT molecular complexity index is 371. The standard InChI is InChI=1S/C11H12N2O2/c1-12-10(14)7-8-11(15)13-9-5-3-2-4-6-9/h2-8H,1H3,(H,12,14)(H,13,15). The molecule has 15 heavy (non-hydrogen) atoms. The maximum atomic E-state index is 11.3. The zero-order valence-electron chi connectivity index (χ0n) is 8.36. The van der Waals surface area contributed by atoms with Gasteiger partial charge in [-0.3, -0.25) is 9.59 Å². The zero-order chi connectivity index (χ0) is 11.1. The van der Waals surface area contributed by atoms with Crippen molar-refractivity contribution in [3.8, 4) is 0 Å². The van der Waals surface area contributed by atoms with Gasteiger partial charge in [0, 0.05) is 24.9 Å². The van der Waals surface area contributed by atoms with Crippen molar-refractivity contribution >= 4 is 17.5 Å². The van der Waals surface area contributed by atoms with Crippen LogP contribution < -0.4 is 10.6 Å². The second kappa shape index (κ2) is 5.59. The molecule has 2 amide bonds. The highest BCUT2D eigenvalue weighted by Crippen LogP contribution is 2.04. The second-order valence-electron chi connectivity index (χ2n) is 2.80. The first kappa shape index (κ1) is 11.0. The summed E-state index contributed by atoms with van der Waals surface area (Å²) in [6, 6.07) is 9.03. The van der Waals surface area contributed by atoms with Gasteiger partial charge in [0.15, 0.2) is 0 Å². The first-order chi connectivity index (χ1) is 7.22. The van der Waals surface area contributed by atoms with Gasteiger partial charge in [-0.1, -0.05) is 18.2 Å². The molecule has 0 aromatic heterocycles. The minimum Gasteiger partial charge on any atom is -0.356 e. The van der Waals surface area contributed by atoms with E-state index in [4.69, 9.17) is 0 Å². The van der Waals surface area contributed by atoms with Crippen LogP contribution in [0.1, 0.15) is 0 Å². The van der Waals surface area contributed by atoms with Crippen molar-refractivity contribution in [3.63, 3.8) is 0 Å². The van der Waals surface area contributed by atoms with Gasteiger partial charge in [-0.05, 0) is 12.1 Å². The normalized spacial score (nSPS) is 9.93. The Balaban J connectivity index is 2.50. The van der Waals surface area contributed by atoms with Gasteiger partial charge < -0.3 is 10.6 Å². The molecule has 0 atom stereocenters. The average molecular weight is 204 g/mol. The van der Waals surface area contributed by atoms with Crippen LogP contribution in [0.15, 0.2) is 42.5 Å². The molecular formula is C11H12N2O2. The van der Waals surface area contributed by atoms with E-state index in [9.17, 15) is 9.59 Å². The summed E-state index contributed by atoms with van der Waals surface area (Å²) in [5, 5.41) is 4.99. The van der Waals surface area contributed by atoms with Crippen LogP contribution in [0, 0.1) is 0 Å². The number of anilines is 1. The Morgan fingerprint density at radius 2 is 1.67 bits per heavy atom. The lowest BCUT2D eigenvalue weighted by atomic mass is 10.3. The first-order valence-electron chi connectivity index (χ1n) is 4.48. The minimum absolute atomic E-state index is 0.307. The maximum absolute atomic E-state index is 11.3. The van der Waals surface area contributed by atoms with Crippen molar-refractivity contribution in [1.82, 2.24) is 5.32 Å². The number of likely N-dealkylation sites (N-methyl/N-ethyl adjacent to an activating group) is 1. The van der Waals surface area contributed by atoms with Crippen LogP contribution in [0.2, 0.25) is 0 Å². The summed E-state index contributed by atoms with van der Waals surface area (Å²) in [4.78, 5) is 22.0. The van der Waals surface area contributed by atoms with E-state index in [1.54, 1.807) is 12.1 Å². The van der Waals surface area contributed by atoms with Crippen molar-refractivity contribution < 1.29 is 9.59 Å². The van der Waals surface area contributed by atoms with Crippen LogP contribution in [0.5, 0.6) is 0 Å². The van der Waals surface area contributed by atoms with Crippen molar-refractivity contribution in [2.45, 2.75) is 0 Å². The van der Waals surface area contributed by atoms with Gasteiger partial charge >= 0.3 is 0 Å². The molecule has 2 N–H and O–H groups in total. The van der Waals surface area contributed by atoms with E-state index in [0.29, 0.717) is 5.69 Å². The average Bonchev–Trinajstić information content (AvgIpc) is 2.27. The van der Waals surface area contributed by atoms with Gasteiger partial charge in [-0.2, -0.15) is 0 Å². The van der Waals surface area contributed by atoms with Crippen LogP contribution >= 0.6 is 0 Å². The molecule has 0 unspecified atom stereocenters. The third-order valence-corrected chi connectivity index (χ3v) is 1.67. The number of hydrogen-bond acceptors (Lipinski definition) is 2. The molecular weight excluding hydrogens is 192 g/mol. The molecule has 0 radical (unpaired) electrons. The Kier molecular flexibility index (Phi) is 4.09. The van der Waals surface area contributed by atoms with Gasteiger partial charge in [0.25, 0.3) is 0 Å². The van der Waals surface area contributed by atoms with E-state index in [0.717, 1.165) is 0 Å². The number of nitrogens with one attached hydrogen (secondary N) is 2. The molecule has 0 aliphatic carbocycles. The molecule has 0 spiro atoms. The first-order valence-corrected chi connectivity index (χ1v) is 4.48. The van der Waals surface area contributed by atoms with E-state index in [-0.39, 0.29) is 11.8 Å². The molecule has 1 rings (SSSR count). The molecule has 1 aromatic rings. The minimum atomic E-state index is -0.329. The maximum Gasteiger partial charge on any atom is 0.248 e.